The van der Waals surface area contributed by atoms with E-state index in [1.807, 2.05) is 17.4 Å². The zero-order valence-electron chi connectivity index (χ0n) is 20.6. The Morgan fingerprint density at radius 2 is 1.74 bits per heavy atom. The lowest BCUT2D eigenvalue weighted by atomic mass is 9.84. The molecule has 3 aromatic rings. The van der Waals surface area contributed by atoms with Crippen LogP contribution in [0.5, 0.6) is 5.75 Å². The zero-order valence-corrected chi connectivity index (χ0v) is 21.4. The fraction of sp³-hybridized carbons (Fsp3) is 0.533. The molecule has 1 atom stereocenters. The van der Waals surface area contributed by atoms with Crippen molar-refractivity contribution in [3.05, 3.63) is 64.0 Å². The highest BCUT2D eigenvalue weighted by molar-refractivity contribution is 7.19. The Labute approximate surface area is 208 Å². The molecule has 1 aliphatic heterocycles. The van der Waals surface area contributed by atoms with Gasteiger partial charge in [0.2, 0.25) is 0 Å². The van der Waals surface area contributed by atoms with Gasteiger partial charge in [-0.25, -0.2) is 0 Å². The average Bonchev–Trinajstić information content (AvgIpc) is 3.54. The van der Waals surface area contributed by atoms with E-state index in [9.17, 15) is 5.11 Å². The summed E-state index contributed by atoms with van der Waals surface area (Å²) >= 11 is 1.87. The molecule has 1 unspecified atom stereocenters. The van der Waals surface area contributed by atoms with Gasteiger partial charge in [-0.2, -0.15) is 0 Å². The van der Waals surface area contributed by atoms with Gasteiger partial charge in [-0.3, -0.25) is 0 Å². The third-order valence-corrected chi connectivity index (χ3v) is 9.23. The first-order valence-electron chi connectivity index (χ1n) is 13.3. The standard InChI is InChI=1S/C30H39NO2S/c1-33-25-16-17-26-27(21-25)34-30(24-10-3-2-4-11-24)28(26)29(32)23-14-12-22(13-15-23)9-5-6-18-31-19-7-8-20-31/h12-17,21,24,29,32H,2-11,18-20H2,1H3. The molecule has 1 aromatic heterocycles. The van der Waals surface area contributed by atoms with Crippen molar-refractivity contribution in [3.8, 4) is 5.75 Å². The molecule has 3 nitrogen and oxygen atoms in total. The van der Waals surface area contributed by atoms with Crippen molar-refractivity contribution in [3.63, 3.8) is 0 Å². The van der Waals surface area contributed by atoms with Gasteiger partial charge in [0.1, 0.15) is 11.9 Å². The Morgan fingerprint density at radius 1 is 0.971 bits per heavy atom. The molecule has 0 radical (unpaired) electrons. The average molecular weight is 478 g/mol. The number of aryl methyl sites for hydroxylation is 1. The quantitative estimate of drug-likeness (QED) is 0.325. The summed E-state index contributed by atoms with van der Waals surface area (Å²) in [6.45, 7) is 3.83. The lowest BCUT2D eigenvalue weighted by molar-refractivity contribution is 0.220. The second-order valence-electron chi connectivity index (χ2n) is 10.2. The molecule has 1 saturated heterocycles. The van der Waals surface area contributed by atoms with Crippen LogP contribution in [0.15, 0.2) is 42.5 Å². The van der Waals surface area contributed by atoms with Crippen molar-refractivity contribution >= 4 is 21.4 Å². The monoisotopic (exact) mass is 477 g/mol. The SMILES string of the molecule is COc1ccc2c(C(O)c3ccc(CCCCN4CCCC4)cc3)c(C3CCCCC3)sc2c1. The first-order valence-corrected chi connectivity index (χ1v) is 14.1. The molecule has 182 valence electrons. The lowest BCUT2D eigenvalue weighted by Gasteiger charge is -2.23. The van der Waals surface area contributed by atoms with Gasteiger partial charge in [0.05, 0.1) is 7.11 Å². The smallest absolute Gasteiger partial charge is 0.120 e. The Kier molecular flexibility index (Phi) is 7.88. The van der Waals surface area contributed by atoms with Gasteiger partial charge >= 0.3 is 0 Å². The van der Waals surface area contributed by atoms with Gasteiger partial charge in [0.25, 0.3) is 0 Å². The van der Waals surface area contributed by atoms with E-state index in [4.69, 9.17) is 4.74 Å². The molecule has 34 heavy (non-hydrogen) atoms. The molecule has 2 fully saturated rings. The number of thiophene rings is 1. The van der Waals surface area contributed by atoms with E-state index in [1.165, 1.54) is 97.9 Å². The predicted molar refractivity (Wildman–Crippen MR) is 143 cm³/mol. The largest absolute Gasteiger partial charge is 0.497 e. The van der Waals surface area contributed by atoms with Crippen LogP contribution in [0.1, 0.15) is 91.4 Å². The molecule has 0 spiro atoms. The summed E-state index contributed by atoms with van der Waals surface area (Å²) in [5.41, 5.74) is 3.52. The fourth-order valence-corrected chi connectivity index (χ4v) is 7.33. The minimum absolute atomic E-state index is 0.566. The van der Waals surface area contributed by atoms with Gasteiger partial charge in [0.15, 0.2) is 0 Å². The number of likely N-dealkylation sites (tertiary alicyclic amines) is 1. The number of unbranched alkanes of at least 4 members (excludes halogenated alkanes) is 1. The second kappa shape index (κ2) is 11.2. The minimum atomic E-state index is -0.580. The minimum Gasteiger partial charge on any atom is -0.497 e. The van der Waals surface area contributed by atoms with Crippen LogP contribution in [-0.2, 0) is 6.42 Å². The molecule has 2 aromatic carbocycles. The van der Waals surface area contributed by atoms with Gasteiger partial charge in [0, 0.05) is 15.1 Å². The topological polar surface area (TPSA) is 32.7 Å². The van der Waals surface area contributed by atoms with Crippen LogP contribution in [-0.4, -0.2) is 36.8 Å². The third kappa shape index (κ3) is 5.35. The maximum Gasteiger partial charge on any atom is 0.120 e. The van der Waals surface area contributed by atoms with Crippen molar-refractivity contribution < 1.29 is 9.84 Å². The van der Waals surface area contributed by atoms with Gasteiger partial charge in [-0.15, -0.1) is 11.3 Å². The summed E-state index contributed by atoms with van der Waals surface area (Å²) in [5.74, 6) is 1.45. The van der Waals surface area contributed by atoms with E-state index in [0.717, 1.165) is 23.3 Å². The Hall–Kier alpha value is -1.88. The van der Waals surface area contributed by atoms with Crippen LogP contribution < -0.4 is 4.74 Å². The third-order valence-electron chi connectivity index (χ3n) is 7.90. The molecule has 0 bridgehead atoms. The summed E-state index contributed by atoms with van der Waals surface area (Å²) in [7, 11) is 1.72. The molecule has 2 heterocycles. The highest BCUT2D eigenvalue weighted by Crippen LogP contribution is 2.46. The summed E-state index contributed by atoms with van der Waals surface area (Å²) in [6.07, 6.45) is 12.2. The summed E-state index contributed by atoms with van der Waals surface area (Å²) in [5, 5.41) is 12.8. The Morgan fingerprint density at radius 3 is 2.47 bits per heavy atom. The number of hydrogen-bond acceptors (Lipinski definition) is 4. The first-order chi connectivity index (χ1) is 16.7. The molecule has 1 saturated carbocycles. The molecule has 5 rings (SSSR count). The highest BCUT2D eigenvalue weighted by atomic mass is 32.1. The number of benzene rings is 2. The number of rotatable bonds is 9. The van der Waals surface area contributed by atoms with Crippen molar-refractivity contribution in [2.75, 3.05) is 26.7 Å². The van der Waals surface area contributed by atoms with Gasteiger partial charge in [-0.1, -0.05) is 43.5 Å². The van der Waals surface area contributed by atoms with Crippen LogP contribution in [0.25, 0.3) is 10.1 Å². The number of fused-ring (bicyclic) bond motifs is 1. The number of methoxy groups -OCH3 is 1. The first kappa shape index (κ1) is 23.8. The maximum absolute atomic E-state index is 11.6. The Balaban J connectivity index is 1.33. The van der Waals surface area contributed by atoms with Crippen LogP contribution in [0.2, 0.25) is 0 Å². The molecule has 4 heteroatoms. The van der Waals surface area contributed by atoms with E-state index < -0.39 is 6.10 Å². The van der Waals surface area contributed by atoms with Crippen molar-refractivity contribution in [2.24, 2.45) is 0 Å². The van der Waals surface area contributed by atoms with Crippen LogP contribution in [0, 0.1) is 0 Å². The predicted octanol–water partition coefficient (Wildman–Crippen LogP) is 7.46. The highest BCUT2D eigenvalue weighted by Gasteiger charge is 2.27. The van der Waals surface area contributed by atoms with E-state index >= 15 is 0 Å². The van der Waals surface area contributed by atoms with Crippen molar-refractivity contribution in [2.45, 2.75) is 76.2 Å². The van der Waals surface area contributed by atoms with Crippen LogP contribution in [0.3, 0.4) is 0 Å². The number of nitrogens with zero attached hydrogens (tertiary/aromatic N) is 1. The molecule has 0 amide bonds. The molecule has 1 aliphatic carbocycles. The Bertz CT molecular complexity index is 1060. The van der Waals surface area contributed by atoms with Gasteiger partial charge in [-0.05, 0) is 105 Å². The fourth-order valence-electron chi connectivity index (χ4n) is 5.90. The van der Waals surface area contributed by atoms with Crippen molar-refractivity contribution in [1.29, 1.82) is 0 Å². The number of ether oxygens (including phenoxy) is 1. The lowest BCUT2D eigenvalue weighted by Crippen LogP contribution is -2.20. The van der Waals surface area contributed by atoms with Gasteiger partial charge < -0.3 is 14.7 Å². The van der Waals surface area contributed by atoms with Crippen LogP contribution in [0.4, 0.5) is 0 Å². The second-order valence-corrected chi connectivity index (χ2v) is 11.3. The van der Waals surface area contributed by atoms with Crippen molar-refractivity contribution in [1.82, 2.24) is 4.90 Å². The van der Waals surface area contributed by atoms with Crippen LogP contribution >= 0.6 is 11.3 Å². The zero-order chi connectivity index (χ0) is 23.3. The van der Waals surface area contributed by atoms with E-state index in [0.29, 0.717) is 5.92 Å². The number of aliphatic hydroxyl groups is 1. The molecular weight excluding hydrogens is 438 g/mol. The summed E-state index contributed by atoms with van der Waals surface area (Å²) in [6, 6.07) is 15.1. The van der Waals surface area contributed by atoms with E-state index in [2.05, 4.69) is 41.3 Å². The normalized spacial score (nSPS) is 18.5. The van der Waals surface area contributed by atoms with E-state index in [1.54, 1.807) is 7.11 Å². The molecule has 2 aliphatic rings. The number of aliphatic hydroxyl groups excluding tert-OH is 1. The summed E-state index contributed by atoms with van der Waals surface area (Å²) < 4.78 is 6.71. The van der Waals surface area contributed by atoms with E-state index in [-0.39, 0.29) is 0 Å². The maximum atomic E-state index is 11.6. The molecule has 1 N–H and O–H groups in total. The summed E-state index contributed by atoms with van der Waals surface area (Å²) in [4.78, 5) is 3.99. The number of hydrogen-bond donors (Lipinski definition) is 1. The molecular formula is C30H39NO2S.